The number of halogens is 3. The van der Waals surface area contributed by atoms with Crippen LogP contribution in [0.1, 0.15) is 65.2 Å². The van der Waals surface area contributed by atoms with Gasteiger partial charge >= 0.3 is 6.18 Å². The minimum atomic E-state index is -4.56. The van der Waals surface area contributed by atoms with E-state index in [-0.39, 0.29) is 29.8 Å². The van der Waals surface area contributed by atoms with E-state index in [1.807, 2.05) is 6.08 Å². The molecule has 2 unspecified atom stereocenters. The molecule has 0 aromatic carbocycles. The third-order valence-corrected chi connectivity index (χ3v) is 8.64. The van der Waals surface area contributed by atoms with Gasteiger partial charge in [0.05, 0.1) is 6.10 Å². The Hall–Kier alpha value is -0.550. The lowest BCUT2D eigenvalue weighted by atomic mass is 9.47. The maximum atomic E-state index is 13.3. The molecule has 0 bridgehead atoms. The molecule has 3 saturated carbocycles. The van der Waals surface area contributed by atoms with Crippen molar-refractivity contribution in [3.63, 3.8) is 0 Å². The number of hydrogen-bond acceptors (Lipinski definition) is 2. The van der Waals surface area contributed by atoms with Crippen LogP contribution in [0.5, 0.6) is 0 Å². The van der Waals surface area contributed by atoms with E-state index in [4.69, 9.17) is 0 Å². The fourth-order valence-electron chi connectivity index (χ4n) is 6.86. The first-order valence-corrected chi connectivity index (χ1v) is 9.68. The molecular formula is C20H29F3O2. The maximum absolute atomic E-state index is 13.3. The zero-order chi connectivity index (χ0) is 18.3. The summed E-state index contributed by atoms with van der Waals surface area (Å²) in [5.74, 6) is 1.31. The number of hydrogen-bond donors (Lipinski definition) is 2. The molecule has 0 amide bonds. The number of aliphatic hydroxyl groups excluding tert-OH is 1. The highest BCUT2D eigenvalue weighted by Gasteiger charge is 2.63. The molecule has 5 heteroatoms. The van der Waals surface area contributed by atoms with Crippen LogP contribution in [0.3, 0.4) is 0 Å². The zero-order valence-electron chi connectivity index (χ0n) is 15.1. The smallest absolute Gasteiger partial charge is 0.393 e. The summed E-state index contributed by atoms with van der Waals surface area (Å²) in [6.45, 7) is 4.33. The number of aliphatic hydroxyl groups is 2. The zero-order valence-corrected chi connectivity index (χ0v) is 15.1. The van der Waals surface area contributed by atoms with Crippen LogP contribution in [0.2, 0.25) is 0 Å². The second-order valence-corrected chi connectivity index (χ2v) is 9.60. The third kappa shape index (κ3) is 2.30. The van der Waals surface area contributed by atoms with Crippen LogP contribution in [0.25, 0.3) is 0 Å². The summed E-state index contributed by atoms with van der Waals surface area (Å²) >= 11 is 0. The largest absolute Gasteiger partial charge is 0.417 e. The fraction of sp³-hybridized carbons (Fsp3) is 0.900. The second-order valence-electron chi connectivity index (χ2n) is 9.60. The maximum Gasteiger partial charge on any atom is 0.417 e. The summed E-state index contributed by atoms with van der Waals surface area (Å²) in [5.41, 5.74) is -1.99. The van der Waals surface area contributed by atoms with E-state index in [1.165, 1.54) is 0 Å². The van der Waals surface area contributed by atoms with Crippen LogP contribution in [0.15, 0.2) is 11.6 Å². The van der Waals surface area contributed by atoms with Crippen molar-refractivity contribution < 1.29 is 23.4 Å². The molecule has 0 aromatic heterocycles. The van der Waals surface area contributed by atoms with Crippen LogP contribution < -0.4 is 0 Å². The molecule has 0 heterocycles. The Morgan fingerprint density at radius 1 is 1.04 bits per heavy atom. The van der Waals surface area contributed by atoms with E-state index in [2.05, 4.69) is 13.8 Å². The van der Waals surface area contributed by atoms with Gasteiger partial charge in [-0.25, -0.2) is 0 Å². The lowest BCUT2D eigenvalue weighted by molar-refractivity contribution is -0.271. The van der Waals surface area contributed by atoms with Crippen molar-refractivity contribution in [2.45, 2.75) is 83.1 Å². The quantitative estimate of drug-likeness (QED) is 0.621. The van der Waals surface area contributed by atoms with E-state index < -0.39 is 11.8 Å². The highest BCUT2D eigenvalue weighted by Crippen LogP contribution is 2.66. The summed E-state index contributed by atoms with van der Waals surface area (Å²) in [6.07, 6.45) is 1.78. The number of alkyl halides is 3. The van der Waals surface area contributed by atoms with Crippen molar-refractivity contribution in [1.82, 2.24) is 0 Å². The monoisotopic (exact) mass is 358 g/mol. The van der Waals surface area contributed by atoms with Gasteiger partial charge in [0.25, 0.3) is 0 Å². The van der Waals surface area contributed by atoms with Gasteiger partial charge in [-0.1, -0.05) is 25.5 Å². The molecule has 0 radical (unpaired) electrons. The van der Waals surface area contributed by atoms with Crippen molar-refractivity contribution in [3.8, 4) is 0 Å². The Morgan fingerprint density at radius 3 is 2.44 bits per heavy atom. The van der Waals surface area contributed by atoms with Crippen LogP contribution in [0, 0.1) is 28.6 Å². The predicted molar refractivity (Wildman–Crippen MR) is 88.7 cm³/mol. The van der Waals surface area contributed by atoms with E-state index in [9.17, 15) is 23.4 Å². The first kappa shape index (κ1) is 17.8. The predicted octanol–water partition coefficient (Wildman–Crippen LogP) is 4.60. The Bertz CT molecular complexity index is 600. The molecule has 0 aliphatic heterocycles. The van der Waals surface area contributed by atoms with Gasteiger partial charge in [-0.15, -0.1) is 0 Å². The Kier molecular flexibility index (Phi) is 3.75. The minimum Gasteiger partial charge on any atom is -0.393 e. The van der Waals surface area contributed by atoms with Gasteiger partial charge < -0.3 is 10.2 Å². The molecule has 4 rings (SSSR count). The molecule has 0 aromatic rings. The van der Waals surface area contributed by atoms with Crippen molar-refractivity contribution >= 4 is 0 Å². The Balaban J connectivity index is 1.65. The average Bonchev–Trinajstić information content (AvgIpc) is 2.83. The molecule has 2 nitrogen and oxygen atoms in total. The molecule has 4 aliphatic rings. The summed E-state index contributed by atoms with van der Waals surface area (Å²) in [5, 5.41) is 20.6. The molecule has 142 valence electrons. The van der Waals surface area contributed by atoms with Crippen LogP contribution in [-0.4, -0.2) is 28.1 Å². The number of rotatable bonds is 0. The second kappa shape index (κ2) is 5.25. The fourth-order valence-corrected chi connectivity index (χ4v) is 6.86. The van der Waals surface area contributed by atoms with Crippen LogP contribution >= 0.6 is 0 Å². The Labute approximate surface area is 147 Å². The van der Waals surface area contributed by atoms with Crippen molar-refractivity contribution in [3.05, 3.63) is 11.6 Å². The van der Waals surface area contributed by atoms with Gasteiger partial charge in [0.2, 0.25) is 0 Å². The Morgan fingerprint density at radius 2 is 1.76 bits per heavy atom. The lowest BCUT2D eigenvalue weighted by Crippen LogP contribution is -2.55. The van der Waals surface area contributed by atoms with Gasteiger partial charge in [0, 0.05) is 6.42 Å². The molecule has 2 N–H and O–H groups in total. The minimum absolute atomic E-state index is 0.0236. The first-order chi connectivity index (χ1) is 11.5. The normalized spacial score (nSPS) is 52.8. The van der Waals surface area contributed by atoms with Crippen LogP contribution in [-0.2, 0) is 0 Å². The summed E-state index contributed by atoms with van der Waals surface area (Å²) in [6, 6.07) is 0. The topological polar surface area (TPSA) is 40.5 Å². The van der Waals surface area contributed by atoms with E-state index in [0.29, 0.717) is 24.2 Å². The number of fused-ring (bicyclic) bond motifs is 5. The molecule has 0 spiro atoms. The highest BCUT2D eigenvalue weighted by atomic mass is 19.4. The number of allylic oxidation sites excluding steroid dienone is 1. The molecule has 3 fully saturated rings. The first-order valence-electron chi connectivity index (χ1n) is 9.68. The van der Waals surface area contributed by atoms with Crippen molar-refractivity contribution in [2.75, 3.05) is 0 Å². The molecule has 25 heavy (non-hydrogen) atoms. The van der Waals surface area contributed by atoms with Gasteiger partial charge in [-0.3, -0.25) is 0 Å². The SMILES string of the molecule is C[C@]12CCC(O)(C(F)(F)F)CC1=CC[C@@H]1[C@H]2CC[C@]2(C)C(O)CC[C@@H]12. The van der Waals surface area contributed by atoms with E-state index in [0.717, 1.165) is 37.7 Å². The molecule has 4 aliphatic carbocycles. The summed E-state index contributed by atoms with van der Waals surface area (Å²) < 4.78 is 39.9. The van der Waals surface area contributed by atoms with Gasteiger partial charge in [0.1, 0.15) is 0 Å². The molecular weight excluding hydrogens is 329 g/mol. The van der Waals surface area contributed by atoms with Gasteiger partial charge in [-0.2, -0.15) is 13.2 Å². The van der Waals surface area contributed by atoms with Crippen molar-refractivity contribution in [2.24, 2.45) is 28.6 Å². The standard InChI is InChI=1S/C20H29F3O2/c1-17-9-10-19(25,20(21,22)23)11-12(17)3-4-13-14-5-6-16(24)18(14,2)8-7-15(13)17/h3,13-16,24-25H,4-11H2,1-2H3/t13-,14-,15+,16?,17-,18-,19?/m0/s1. The van der Waals surface area contributed by atoms with Gasteiger partial charge in [-0.05, 0) is 73.5 Å². The van der Waals surface area contributed by atoms with E-state index >= 15 is 0 Å². The van der Waals surface area contributed by atoms with Crippen molar-refractivity contribution in [1.29, 1.82) is 0 Å². The average molecular weight is 358 g/mol. The van der Waals surface area contributed by atoms with Crippen LogP contribution in [0.4, 0.5) is 13.2 Å². The summed E-state index contributed by atoms with van der Waals surface area (Å²) in [7, 11) is 0. The lowest BCUT2D eigenvalue weighted by Gasteiger charge is -2.58. The summed E-state index contributed by atoms with van der Waals surface area (Å²) in [4.78, 5) is 0. The highest BCUT2D eigenvalue weighted by molar-refractivity contribution is 5.27. The molecule has 0 saturated heterocycles. The third-order valence-electron chi connectivity index (χ3n) is 8.64. The van der Waals surface area contributed by atoms with Gasteiger partial charge in [0.15, 0.2) is 5.60 Å². The van der Waals surface area contributed by atoms with E-state index in [1.54, 1.807) is 0 Å². The molecule has 7 atom stereocenters.